The lowest BCUT2D eigenvalue weighted by Gasteiger charge is -2.28. The topological polar surface area (TPSA) is 73.9 Å². The van der Waals surface area contributed by atoms with Crippen molar-refractivity contribution in [2.24, 2.45) is 0 Å². The van der Waals surface area contributed by atoms with Crippen LogP contribution in [-0.4, -0.2) is 38.7 Å². The molecule has 0 aliphatic carbocycles. The van der Waals surface area contributed by atoms with Gasteiger partial charge in [-0.15, -0.1) is 0 Å². The predicted molar refractivity (Wildman–Crippen MR) is 107 cm³/mol. The second kappa shape index (κ2) is 7.52. The van der Waals surface area contributed by atoms with Gasteiger partial charge in [0.05, 0.1) is 5.52 Å². The van der Waals surface area contributed by atoms with Crippen molar-refractivity contribution in [2.45, 2.75) is 31.7 Å². The van der Waals surface area contributed by atoms with Gasteiger partial charge in [-0.1, -0.05) is 55.4 Å². The number of carbonyl (C=O) groups is 1. The second-order valence-electron chi connectivity index (χ2n) is 6.95. The summed E-state index contributed by atoms with van der Waals surface area (Å²) in [5, 5.41) is 5.80. The van der Waals surface area contributed by atoms with E-state index in [1.54, 1.807) is 16.8 Å². The van der Waals surface area contributed by atoms with E-state index in [0.29, 0.717) is 15.5 Å². The van der Waals surface area contributed by atoms with Gasteiger partial charge in [-0.3, -0.25) is 19.8 Å². The van der Waals surface area contributed by atoms with Gasteiger partial charge in [-0.25, -0.2) is 0 Å². The molecule has 3 aromatic rings. The van der Waals surface area contributed by atoms with Gasteiger partial charge in [0, 0.05) is 19.3 Å². The lowest BCUT2D eigenvalue weighted by molar-refractivity contribution is -0.133. The van der Waals surface area contributed by atoms with Crippen LogP contribution in [0.1, 0.15) is 37.3 Å². The Hall–Kier alpha value is -2.67. The highest BCUT2D eigenvalue weighted by molar-refractivity contribution is 7.71. The van der Waals surface area contributed by atoms with Crippen LogP contribution in [0.4, 0.5) is 0 Å². The van der Waals surface area contributed by atoms with E-state index in [0.717, 1.165) is 44.3 Å². The van der Waals surface area contributed by atoms with Crippen LogP contribution in [-0.2, 0) is 4.79 Å². The number of likely N-dealkylation sites (tertiary alicyclic amines) is 1. The van der Waals surface area contributed by atoms with Crippen molar-refractivity contribution in [2.75, 3.05) is 13.1 Å². The number of hydrogen-bond acceptors (Lipinski definition) is 3. The van der Waals surface area contributed by atoms with Crippen LogP contribution in [0.25, 0.3) is 10.9 Å². The minimum atomic E-state index is -0.574. The molecule has 7 heteroatoms. The smallest absolute Gasteiger partial charge is 0.274 e. The van der Waals surface area contributed by atoms with Crippen molar-refractivity contribution < 1.29 is 4.79 Å². The fraction of sp³-hybridized carbons (Fsp3) is 0.350. The number of nitrogens with one attached hydrogen (secondary N) is 2. The van der Waals surface area contributed by atoms with Crippen LogP contribution < -0.4 is 5.56 Å². The molecule has 2 aromatic heterocycles. The summed E-state index contributed by atoms with van der Waals surface area (Å²) in [6.07, 6.45) is 6.15. The van der Waals surface area contributed by atoms with Gasteiger partial charge in [0.2, 0.25) is 5.91 Å². The molecule has 27 heavy (non-hydrogen) atoms. The number of hydrogen-bond donors (Lipinski definition) is 2. The molecule has 1 unspecified atom stereocenters. The molecule has 1 aliphatic heterocycles. The molecule has 1 saturated heterocycles. The van der Waals surface area contributed by atoms with E-state index in [9.17, 15) is 9.59 Å². The third kappa shape index (κ3) is 3.35. The highest BCUT2D eigenvalue weighted by Crippen LogP contribution is 2.25. The zero-order valence-corrected chi connectivity index (χ0v) is 15.8. The van der Waals surface area contributed by atoms with E-state index in [1.807, 2.05) is 35.2 Å². The third-order valence-corrected chi connectivity index (χ3v) is 5.62. The number of pyridine rings is 1. The molecular weight excluding hydrogens is 360 g/mol. The molecule has 4 rings (SSSR count). The van der Waals surface area contributed by atoms with Gasteiger partial charge in [-0.2, -0.15) is 0 Å². The molecule has 1 aromatic carbocycles. The number of rotatable bonds is 3. The molecule has 0 spiro atoms. The van der Waals surface area contributed by atoms with Gasteiger partial charge in [0.15, 0.2) is 0 Å². The number of benzene rings is 1. The van der Waals surface area contributed by atoms with Crippen LogP contribution in [0, 0.1) is 4.64 Å². The third-order valence-electron chi connectivity index (χ3n) is 5.20. The number of aromatic nitrogens is 3. The van der Waals surface area contributed by atoms with Crippen molar-refractivity contribution in [3.63, 3.8) is 0 Å². The normalized spacial score (nSPS) is 16.2. The van der Waals surface area contributed by atoms with Crippen molar-refractivity contribution in [1.82, 2.24) is 19.7 Å². The van der Waals surface area contributed by atoms with E-state index in [4.69, 9.17) is 12.2 Å². The van der Waals surface area contributed by atoms with Gasteiger partial charge in [-0.05, 0) is 24.5 Å². The Morgan fingerprint density at radius 3 is 2.41 bits per heavy atom. The summed E-state index contributed by atoms with van der Waals surface area (Å²) in [5.74, 6) is 0.0329. The first-order valence-corrected chi connectivity index (χ1v) is 9.73. The number of aromatic amines is 2. The van der Waals surface area contributed by atoms with E-state index in [-0.39, 0.29) is 11.5 Å². The molecule has 6 nitrogen and oxygen atoms in total. The average molecular weight is 382 g/mol. The first kappa shape index (κ1) is 17.7. The average Bonchev–Trinajstić information content (AvgIpc) is 2.90. The van der Waals surface area contributed by atoms with Crippen LogP contribution in [0.15, 0.2) is 47.4 Å². The van der Waals surface area contributed by atoms with Crippen LogP contribution in [0.5, 0.6) is 0 Å². The quantitative estimate of drug-likeness (QED) is 0.682. The summed E-state index contributed by atoms with van der Waals surface area (Å²) in [6.45, 7) is 1.53. The SMILES string of the molecule is O=C(C(c1ccccc1)n1ccc2[nH][nH]c(=O)c2c1=S)N1CCCCCC1. The number of carbonyl (C=O) groups excluding carboxylic acids is 1. The Morgan fingerprint density at radius 2 is 1.70 bits per heavy atom. The summed E-state index contributed by atoms with van der Waals surface area (Å²) >= 11 is 5.61. The summed E-state index contributed by atoms with van der Waals surface area (Å²) < 4.78 is 2.12. The predicted octanol–water partition coefficient (Wildman–Crippen LogP) is 3.38. The van der Waals surface area contributed by atoms with E-state index < -0.39 is 6.04 Å². The van der Waals surface area contributed by atoms with Crippen molar-refractivity contribution in [3.8, 4) is 0 Å². The van der Waals surface area contributed by atoms with Crippen molar-refractivity contribution in [3.05, 3.63) is 63.2 Å². The van der Waals surface area contributed by atoms with Crippen LogP contribution in [0.3, 0.4) is 0 Å². The Bertz CT molecular complexity index is 1060. The van der Waals surface area contributed by atoms with Crippen LogP contribution >= 0.6 is 12.2 Å². The monoisotopic (exact) mass is 382 g/mol. The maximum Gasteiger partial charge on any atom is 0.274 e. The summed E-state index contributed by atoms with van der Waals surface area (Å²) in [7, 11) is 0. The standard InChI is InChI=1S/C20H22N4O2S/c25-18-16-15(21-22-18)10-13-24(20(16)27)17(14-8-4-3-5-9-14)19(26)23-11-6-1-2-7-12-23/h3-5,8-10,13,17H,1-2,6-7,11-12H2,(H2,21,22,25). The zero-order valence-electron chi connectivity index (χ0n) is 15.0. The van der Waals surface area contributed by atoms with Crippen molar-refractivity contribution in [1.29, 1.82) is 0 Å². The molecule has 1 atom stereocenters. The van der Waals surface area contributed by atoms with Gasteiger partial charge in [0.25, 0.3) is 5.56 Å². The molecule has 0 bridgehead atoms. The maximum atomic E-state index is 13.5. The zero-order chi connectivity index (χ0) is 18.8. The minimum Gasteiger partial charge on any atom is -0.341 e. The molecule has 1 aliphatic rings. The maximum absolute atomic E-state index is 13.5. The van der Waals surface area contributed by atoms with Gasteiger partial charge >= 0.3 is 0 Å². The number of H-pyrrole nitrogens is 2. The second-order valence-corrected chi connectivity index (χ2v) is 7.34. The van der Waals surface area contributed by atoms with E-state index >= 15 is 0 Å². The molecular formula is C20H22N4O2S. The molecule has 3 heterocycles. The van der Waals surface area contributed by atoms with E-state index in [2.05, 4.69) is 10.2 Å². The Labute approximate surface area is 161 Å². The summed E-state index contributed by atoms with van der Waals surface area (Å²) in [4.78, 5) is 27.6. The van der Waals surface area contributed by atoms with Crippen molar-refractivity contribution >= 4 is 29.0 Å². The van der Waals surface area contributed by atoms with E-state index in [1.165, 1.54) is 0 Å². The number of fused-ring (bicyclic) bond motifs is 1. The molecule has 1 amide bonds. The van der Waals surface area contributed by atoms with Gasteiger partial charge < -0.3 is 9.47 Å². The summed E-state index contributed by atoms with van der Waals surface area (Å²) in [5.41, 5.74) is 1.25. The first-order valence-electron chi connectivity index (χ1n) is 9.32. The number of nitrogens with zero attached hydrogens (tertiary/aromatic N) is 2. The Kier molecular flexibility index (Phi) is 4.94. The Morgan fingerprint density at radius 1 is 1.00 bits per heavy atom. The Balaban J connectivity index is 1.85. The minimum absolute atomic E-state index is 0.0329. The molecule has 1 fully saturated rings. The first-order chi connectivity index (χ1) is 13.2. The highest BCUT2D eigenvalue weighted by atomic mass is 32.1. The molecule has 2 N–H and O–H groups in total. The molecule has 0 saturated carbocycles. The fourth-order valence-corrected chi connectivity index (χ4v) is 4.15. The van der Waals surface area contributed by atoms with Crippen LogP contribution in [0.2, 0.25) is 0 Å². The molecule has 0 radical (unpaired) electrons. The summed E-state index contributed by atoms with van der Waals surface area (Å²) in [6, 6.07) is 10.9. The largest absolute Gasteiger partial charge is 0.341 e. The lowest BCUT2D eigenvalue weighted by Crippen LogP contribution is -2.38. The number of amides is 1. The lowest BCUT2D eigenvalue weighted by atomic mass is 10.0. The fourth-order valence-electron chi connectivity index (χ4n) is 3.79. The highest BCUT2D eigenvalue weighted by Gasteiger charge is 2.28. The molecule has 140 valence electrons. The van der Waals surface area contributed by atoms with Gasteiger partial charge in [0.1, 0.15) is 16.1 Å².